The molecule has 2 aromatic heterocycles. The third-order valence-electron chi connectivity index (χ3n) is 9.26. The van der Waals surface area contributed by atoms with E-state index >= 15 is 8.78 Å². The van der Waals surface area contributed by atoms with Crippen molar-refractivity contribution in [1.29, 1.82) is 0 Å². The third kappa shape index (κ3) is 12.3. The molecule has 0 saturated carbocycles. The minimum atomic E-state index is -3.00. The highest BCUT2D eigenvalue weighted by atomic mass is 35.5. The van der Waals surface area contributed by atoms with Crippen molar-refractivity contribution in [3.05, 3.63) is 76.5 Å². The van der Waals surface area contributed by atoms with Crippen LogP contribution in [0.3, 0.4) is 0 Å². The van der Waals surface area contributed by atoms with E-state index in [-0.39, 0.29) is 70.8 Å². The van der Waals surface area contributed by atoms with Crippen molar-refractivity contribution in [1.82, 2.24) is 29.1 Å². The highest BCUT2D eigenvalue weighted by Crippen LogP contribution is 2.36. The Kier molecular flexibility index (Phi) is 18.4. The van der Waals surface area contributed by atoms with Gasteiger partial charge in [-0.3, -0.25) is 24.0 Å². The van der Waals surface area contributed by atoms with E-state index in [9.17, 15) is 23.5 Å². The Hall–Kier alpha value is -4.92. The number of aliphatic hydroxyl groups excluding tert-OH is 2. The van der Waals surface area contributed by atoms with Crippen molar-refractivity contribution in [2.45, 2.75) is 32.9 Å². The van der Waals surface area contributed by atoms with E-state index in [1.165, 1.54) is 62.4 Å². The quantitative estimate of drug-likeness (QED) is 0.110. The highest BCUT2D eigenvalue weighted by Gasteiger charge is 2.34. The topological polar surface area (TPSA) is 164 Å². The Bertz CT molecular complexity index is 2010. The van der Waals surface area contributed by atoms with Crippen LogP contribution in [0.2, 0.25) is 5.02 Å². The van der Waals surface area contributed by atoms with Gasteiger partial charge >= 0.3 is 0 Å². The molecule has 0 spiro atoms. The van der Waals surface area contributed by atoms with E-state index in [2.05, 4.69) is 34.2 Å². The lowest BCUT2D eigenvalue weighted by Crippen LogP contribution is -2.61. The first-order valence-electron chi connectivity index (χ1n) is 18.6. The van der Waals surface area contributed by atoms with Crippen molar-refractivity contribution >= 4 is 35.6 Å². The van der Waals surface area contributed by atoms with E-state index in [0.717, 1.165) is 28.5 Å². The van der Waals surface area contributed by atoms with Gasteiger partial charge in [0.25, 0.3) is 24.7 Å². The summed E-state index contributed by atoms with van der Waals surface area (Å²) < 4.78 is 70.5. The van der Waals surface area contributed by atoms with Crippen LogP contribution in [0.25, 0.3) is 22.4 Å². The molecule has 2 amide bonds. The molecule has 0 aliphatic carbocycles. The number of rotatable bonds is 11. The summed E-state index contributed by atoms with van der Waals surface area (Å²) in [6, 6.07) is 6.79. The van der Waals surface area contributed by atoms with E-state index in [1.54, 1.807) is 9.80 Å². The zero-order chi connectivity index (χ0) is 44.0. The van der Waals surface area contributed by atoms with Crippen LogP contribution in [0.4, 0.5) is 23.2 Å². The van der Waals surface area contributed by atoms with Crippen LogP contribution in [0, 0.1) is 11.6 Å². The smallest absolute Gasteiger partial charge is 0.292 e. The number of aliphatic hydroxyl groups is 2. The number of piperazine rings is 1. The lowest BCUT2D eigenvalue weighted by Gasteiger charge is -2.41. The molecule has 4 aromatic rings. The van der Waals surface area contributed by atoms with Gasteiger partial charge in [0.2, 0.25) is 0 Å². The number of carbonyl (C=O) groups is 3. The van der Waals surface area contributed by atoms with Gasteiger partial charge in [-0.15, -0.1) is 0 Å². The summed E-state index contributed by atoms with van der Waals surface area (Å²) in [7, 11) is 8.38. The van der Waals surface area contributed by atoms with Gasteiger partial charge in [-0.05, 0) is 24.3 Å². The number of aromatic nitrogens is 4. The summed E-state index contributed by atoms with van der Waals surface area (Å²) in [4.78, 5) is 42.5. The lowest BCUT2D eigenvalue weighted by atomic mass is 10.0. The molecule has 15 nitrogen and oxygen atoms in total. The summed E-state index contributed by atoms with van der Waals surface area (Å²) in [5.74, 6) is -3.79. The number of hydrogen-bond donors (Lipinski definition) is 3. The predicted molar refractivity (Wildman–Crippen MR) is 213 cm³/mol. The minimum Gasteiger partial charge on any atom is -0.471 e. The predicted octanol–water partition coefficient (Wildman–Crippen LogP) is 4.68. The second-order valence-corrected chi connectivity index (χ2v) is 14.2. The normalized spacial score (nSPS) is 14.8. The Morgan fingerprint density at radius 2 is 1.63 bits per heavy atom. The van der Waals surface area contributed by atoms with Crippen molar-refractivity contribution < 1.29 is 56.1 Å². The van der Waals surface area contributed by atoms with Gasteiger partial charge < -0.3 is 39.0 Å². The number of carbonyl (C=O) groups excluding carboxylic acids is 3. The summed E-state index contributed by atoms with van der Waals surface area (Å²) in [6.07, 6.45) is -0.787. The van der Waals surface area contributed by atoms with Crippen molar-refractivity contribution in [2.24, 2.45) is 7.05 Å². The second kappa shape index (κ2) is 22.5. The monoisotopic (exact) mass is 855 g/mol. The Labute approximate surface area is 345 Å². The zero-order valence-corrected chi connectivity index (χ0v) is 34.8. The Morgan fingerprint density at radius 3 is 2.14 bits per heavy atom. The largest absolute Gasteiger partial charge is 0.471 e. The zero-order valence-electron chi connectivity index (χ0n) is 34.1. The average Bonchev–Trinajstić information content (AvgIpc) is 3.81. The first kappa shape index (κ1) is 48.4. The molecule has 0 bridgehead atoms. The SMILES string of the molecule is CC.COC=O.COCCn1ncc(-c2ccc(-c3cnc(C(=O)Nc4ccc(C(=O)N5CCN(CO)CC5)c(Cl)c4)n3C)c(F)c2F)c1C(F)F.C[N+]1(C)CC(O)C1. The fraction of sp³-hybridized carbons (Fsp3) is 0.462. The van der Waals surface area contributed by atoms with Gasteiger partial charge in [0.15, 0.2) is 23.6 Å². The number of halogens is 5. The number of anilines is 1. The number of ether oxygens (including phenoxy) is 2. The van der Waals surface area contributed by atoms with Crippen LogP contribution in [-0.2, 0) is 27.9 Å². The van der Waals surface area contributed by atoms with Crippen LogP contribution in [0.1, 0.15) is 46.9 Å². The maximum atomic E-state index is 15.4. The molecule has 0 radical (unpaired) electrons. The summed E-state index contributed by atoms with van der Waals surface area (Å²) in [5.41, 5.74) is -0.893. The maximum Gasteiger partial charge on any atom is 0.292 e. The number of methoxy groups -OCH3 is 2. The highest BCUT2D eigenvalue weighted by molar-refractivity contribution is 6.34. The molecule has 2 fully saturated rings. The number of quaternary nitrogens is 1. The van der Waals surface area contributed by atoms with Gasteiger partial charge in [-0.2, -0.15) is 5.10 Å². The second-order valence-electron chi connectivity index (χ2n) is 13.8. The van der Waals surface area contributed by atoms with Crippen molar-refractivity contribution in [2.75, 3.05) is 86.2 Å². The molecular formula is C39H52ClF4N8O7+. The van der Waals surface area contributed by atoms with E-state index in [4.69, 9.17) is 26.2 Å². The van der Waals surface area contributed by atoms with Gasteiger partial charge in [0.1, 0.15) is 18.8 Å². The standard InChI is InChI=1S/C30H30ClF4N7O4.C5H12NO.C2H4O2.C2H6/c1-39-23(20-6-5-18(24(32)25(20)33)21-14-37-42(11-12-46-2)26(21)27(34)35)15-36-28(39)29(44)38-17-3-4-19(22(31)13-17)30(45)41-9-7-40(16-43)8-10-41;1-6(2)3-5(7)4-6;1-4-2-3;1-2/h3-6,13-15,27,43H,7-12,16H2,1-2H3,(H,38,44);5,7H,3-4H2,1-2H3;2H,1H3;1-2H3/q;+1;;. The number of hydrogen-bond acceptors (Lipinski definition) is 10. The molecule has 2 saturated heterocycles. The van der Waals surface area contributed by atoms with E-state index in [1.807, 2.05) is 13.8 Å². The minimum absolute atomic E-state index is 0.00359. The fourth-order valence-electron chi connectivity index (χ4n) is 6.32. The number of benzene rings is 2. The maximum absolute atomic E-state index is 15.4. The Morgan fingerprint density at radius 1 is 1.02 bits per heavy atom. The van der Waals surface area contributed by atoms with E-state index in [0.29, 0.717) is 32.7 Å². The lowest BCUT2D eigenvalue weighted by molar-refractivity contribution is -0.937. The first-order chi connectivity index (χ1) is 28.1. The van der Waals surface area contributed by atoms with Crippen LogP contribution in [0.15, 0.2) is 42.7 Å². The summed E-state index contributed by atoms with van der Waals surface area (Å²) in [6.45, 7) is 8.16. The van der Waals surface area contributed by atoms with E-state index < -0.39 is 35.2 Å². The molecule has 6 rings (SSSR count). The van der Waals surface area contributed by atoms with Crippen LogP contribution in [0.5, 0.6) is 0 Å². The molecule has 59 heavy (non-hydrogen) atoms. The number of alkyl halides is 2. The average molecular weight is 856 g/mol. The molecule has 20 heteroatoms. The number of likely N-dealkylation sites (tertiary alicyclic amines) is 1. The van der Waals surface area contributed by atoms with Crippen molar-refractivity contribution in [3.8, 4) is 22.4 Å². The van der Waals surface area contributed by atoms with Gasteiger partial charge in [0, 0.05) is 62.7 Å². The number of nitrogens with zero attached hydrogens (tertiary/aromatic N) is 7. The summed E-state index contributed by atoms with van der Waals surface area (Å²) in [5, 5.41) is 24.7. The van der Waals surface area contributed by atoms with Crippen LogP contribution < -0.4 is 5.32 Å². The van der Waals surface area contributed by atoms with Gasteiger partial charge in [0.05, 0.1) is 69.8 Å². The number of imidazole rings is 1. The first-order valence-corrected chi connectivity index (χ1v) is 19.0. The summed E-state index contributed by atoms with van der Waals surface area (Å²) >= 11 is 6.38. The number of nitrogens with one attached hydrogen (secondary N) is 1. The number of likely N-dealkylation sites (N-methyl/N-ethyl adjacent to an activating group) is 1. The number of amides is 2. The molecule has 324 valence electrons. The molecule has 2 aromatic carbocycles. The molecular weight excluding hydrogens is 804 g/mol. The van der Waals surface area contributed by atoms with Crippen LogP contribution in [-0.4, -0.2) is 149 Å². The third-order valence-corrected chi connectivity index (χ3v) is 9.57. The fourth-order valence-corrected chi connectivity index (χ4v) is 6.58. The van der Waals surface area contributed by atoms with Gasteiger partial charge in [-0.25, -0.2) is 22.5 Å². The van der Waals surface area contributed by atoms with Gasteiger partial charge in [-0.1, -0.05) is 31.5 Å². The molecule has 0 unspecified atom stereocenters. The molecule has 3 N–H and O–H groups in total. The molecule has 4 heterocycles. The molecule has 0 atom stereocenters. The van der Waals surface area contributed by atoms with Crippen LogP contribution >= 0.6 is 11.6 Å². The Balaban J connectivity index is 0.000000618. The molecule has 2 aliphatic rings. The van der Waals surface area contributed by atoms with Crippen molar-refractivity contribution in [3.63, 3.8) is 0 Å². The molecule has 2 aliphatic heterocycles.